The van der Waals surface area contributed by atoms with Crippen molar-refractivity contribution in [1.82, 2.24) is 15.3 Å². The second-order valence-electron chi connectivity index (χ2n) is 9.47. The number of nitrogens with one attached hydrogen (secondary N) is 3. The zero-order valence-corrected chi connectivity index (χ0v) is 18.8. The third-order valence-electron chi connectivity index (χ3n) is 7.25. The summed E-state index contributed by atoms with van der Waals surface area (Å²) >= 11 is 0. The van der Waals surface area contributed by atoms with Crippen LogP contribution in [-0.4, -0.2) is 27.8 Å². The largest absolute Gasteiger partial charge is 0.349 e. The molecule has 2 fully saturated rings. The molecule has 170 valence electrons. The quantitative estimate of drug-likeness (QED) is 0.380. The van der Waals surface area contributed by atoms with Gasteiger partial charge in [0.1, 0.15) is 5.82 Å². The van der Waals surface area contributed by atoms with Crippen molar-refractivity contribution in [3.05, 3.63) is 83.9 Å². The van der Waals surface area contributed by atoms with E-state index < -0.39 is 0 Å². The molecule has 3 atom stereocenters. The van der Waals surface area contributed by atoms with Crippen molar-refractivity contribution < 1.29 is 9.59 Å². The van der Waals surface area contributed by atoms with Crippen LogP contribution in [0, 0.1) is 11.8 Å². The Labute approximate surface area is 197 Å². The van der Waals surface area contributed by atoms with Gasteiger partial charge < -0.3 is 15.6 Å². The summed E-state index contributed by atoms with van der Waals surface area (Å²) in [6.45, 7) is 0. The van der Waals surface area contributed by atoms with Crippen LogP contribution < -0.4 is 10.6 Å². The highest BCUT2D eigenvalue weighted by Gasteiger charge is 2.40. The van der Waals surface area contributed by atoms with Crippen molar-refractivity contribution in [2.45, 2.75) is 31.7 Å². The molecule has 0 aliphatic heterocycles. The molecule has 2 aliphatic rings. The van der Waals surface area contributed by atoms with E-state index in [1.165, 1.54) is 19.3 Å². The van der Waals surface area contributed by atoms with Crippen LogP contribution in [-0.2, 0) is 0 Å². The van der Waals surface area contributed by atoms with Crippen LogP contribution in [0.1, 0.15) is 46.4 Å². The molecule has 0 saturated heterocycles. The van der Waals surface area contributed by atoms with E-state index in [0.29, 0.717) is 28.9 Å². The molecular formula is C28H26N4O2. The van der Waals surface area contributed by atoms with Gasteiger partial charge in [-0.1, -0.05) is 36.8 Å². The van der Waals surface area contributed by atoms with Gasteiger partial charge in [0.05, 0.1) is 11.0 Å². The normalized spacial score (nSPS) is 21.0. The van der Waals surface area contributed by atoms with Crippen molar-refractivity contribution in [2.24, 2.45) is 11.8 Å². The number of H-pyrrole nitrogens is 1. The van der Waals surface area contributed by atoms with Gasteiger partial charge in [-0.3, -0.25) is 9.59 Å². The number of aromatic amines is 1. The summed E-state index contributed by atoms with van der Waals surface area (Å²) < 4.78 is 0. The Bertz CT molecular complexity index is 1360. The predicted octanol–water partition coefficient (Wildman–Crippen LogP) is 5.40. The molecule has 3 N–H and O–H groups in total. The molecule has 2 saturated carbocycles. The molecule has 2 amide bonds. The fourth-order valence-electron chi connectivity index (χ4n) is 5.47. The molecule has 6 nitrogen and oxygen atoms in total. The minimum atomic E-state index is -0.171. The number of carbonyl (C=O) groups is 2. The van der Waals surface area contributed by atoms with E-state index in [4.69, 9.17) is 0 Å². The predicted molar refractivity (Wildman–Crippen MR) is 133 cm³/mol. The zero-order valence-electron chi connectivity index (χ0n) is 18.8. The molecule has 4 aromatic rings. The second kappa shape index (κ2) is 8.45. The van der Waals surface area contributed by atoms with Crippen LogP contribution in [0.4, 0.5) is 5.69 Å². The Hall–Kier alpha value is -3.93. The summed E-state index contributed by atoms with van der Waals surface area (Å²) in [6.07, 6.45) is 4.96. The van der Waals surface area contributed by atoms with Gasteiger partial charge in [0.15, 0.2) is 0 Å². The lowest BCUT2D eigenvalue weighted by atomic mass is 9.95. The highest BCUT2D eigenvalue weighted by Crippen LogP contribution is 2.44. The summed E-state index contributed by atoms with van der Waals surface area (Å²) in [4.78, 5) is 33.3. The Morgan fingerprint density at radius 1 is 0.853 bits per heavy atom. The number of anilines is 1. The van der Waals surface area contributed by atoms with Gasteiger partial charge in [0, 0.05) is 28.4 Å². The number of carbonyl (C=O) groups excluding carboxylic acids is 2. The number of fused-ring (bicyclic) bond motifs is 3. The Kier molecular flexibility index (Phi) is 5.13. The first-order valence-corrected chi connectivity index (χ1v) is 11.9. The van der Waals surface area contributed by atoms with E-state index in [0.717, 1.165) is 34.6 Å². The average molecular weight is 451 g/mol. The molecule has 0 spiro atoms. The molecule has 3 unspecified atom stereocenters. The molecule has 34 heavy (non-hydrogen) atoms. The average Bonchev–Trinajstić information content (AvgIpc) is 3.60. The van der Waals surface area contributed by atoms with Crippen LogP contribution in [0.5, 0.6) is 0 Å². The standard InChI is InChI=1S/C28H26N4O2/c33-27(32-24-15-17-6-7-20(24)14-17)19-10-8-18(9-11-19)26-30-23-13-12-21(16-25(23)31-26)28(34)29-22-4-2-1-3-5-22/h1-5,8-13,16-17,20,24H,6-7,14-15H2,(H,29,34)(H,30,31)(H,32,33). The van der Waals surface area contributed by atoms with Crippen LogP contribution in [0.2, 0.25) is 0 Å². The maximum Gasteiger partial charge on any atom is 0.255 e. The molecule has 0 radical (unpaired) electrons. The number of nitrogens with zero attached hydrogens (tertiary/aromatic N) is 1. The van der Waals surface area contributed by atoms with Crippen molar-refractivity contribution >= 4 is 28.5 Å². The van der Waals surface area contributed by atoms with E-state index in [2.05, 4.69) is 20.6 Å². The molecule has 1 heterocycles. The van der Waals surface area contributed by atoms with E-state index in [9.17, 15) is 9.59 Å². The van der Waals surface area contributed by atoms with Gasteiger partial charge >= 0.3 is 0 Å². The number of hydrogen-bond donors (Lipinski definition) is 3. The van der Waals surface area contributed by atoms with Crippen molar-refractivity contribution in [1.29, 1.82) is 0 Å². The summed E-state index contributed by atoms with van der Waals surface area (Å²) in [5.74, 6) is 1.99. The minimum Gasteiger partial charge on any atom is -0.349 e. The van der Waals surface area contributed by atoms with Crippen LogP contribution >= 0.6 is 0 Å². The van der Waals surface area contributed by atoms with Gasteiger partial charge in [-0.15, -0.1) is 0 Å². The molecule has 1 aromatic heterocycles. The number of aromatic nitrogens is 2. The minimum absolute atomic E-state index is 0.00257. The molecule has 3 aromatic carbocycles. The number of rotatable bonds is 5. The van der Waals surface area contributed by atoms with Crippen molar-refractivity contribution in [3.8, 4) is 11.4 Å². The number of para-hydroxylation sites is 1. The Balaban J connectivity index is 1.16. The van der Waals surface area contributed by atoms with E-state index in [1.807, 2.05) is 60.7 Å². The highest BCUT2D eigenvalue weighted by molar-refractivity contribution is 6.06. The first kappa shape index (κ1) is 20.7. The Morgan fingerprint density at radius 3 is 2.38 bits per heavy atom. The van der Waals surface area contributed by atoms with E-state index in [1.54, 1.807) is 12.1 Å². The summed E-state index contributed by atoms with van der Waals surface area (Å²) in [6, 6.07) is 22.7. The van der Waals surface area contributed by atoms with Crippen LogP contribution in [0.25, 0.3) is 22.4 Å². The number of benzene rings is 3. The number of imidazole rings is 1. The van der Waals surface area contributed by atoms with Gasteiger partial charge in [0.2, 0.25) is 0 Å². The maximum atomic E-state index is 12.7. The van der Waals surface area contributed by atoms with Gasteiger partial charge in [-0.05, 0) is 73.6 Å². The molecule has 2 bridgehead atoms. The lowest BCUT2D eigenvalue weighted by molar-refractivity contribution is 0.0922. The first-order valence-electron chi connectivity index (χ1n) is 11.9. The van der Waals surface area contributed by atoms with Crippen molar-refractivity contribution in [2.75, 3.05) is 5.32 Å². The smallest absolute Gasteiger partial charge is 0.255 e. The molecular weight excluding hydrogens is 424 g/mol. The third-order valence-corrected chi connectivity index (χ3v) is 7.25. The third kappa shape index (κ3) is 3.96. The van der Waals surface area contributed by atoms with E-state index >= 15 is 0 Å². The summed E-state index contributed by atoms with van der Waals surface area (Å²) in [5.41, 5.74) is 4.44. The number of hydrogen-bond acceptors (Lipinski definition) is 3. The van der Waals surface area contributed by atoms with Crippen LogP contribution in [0.3, 0.4) is 0 Å². The highest BCUT2D eigenvalue weighted by atomic mass is 16.2. The van der Waals surface area contributed by atoms with Gasteiger partial charge in [-0.25, -0.2) is 4.98 Å². The van der Waals surface area contributed by atoms with Gasteiger partial charge in [-0.2, -0.15) is 0 Å². The van der Waals surface area contributed by atoms with Crippen molar-refractivity contribution in [3.63, 3.8) is 0 Å². The monoisotopic (exact) mass is 450 g/mol. The molecule has 6 rings (SSSR count). The summed E-state index contributed by atoms with van der Waals surface area (Å²) in [5, 5.41) is 6.14. The van der Waals surface area contributed by atoms with Crippen LogP contribution in [0.15, 0.2) is 72.8 Å². The fraction of sp³-hybridized carbons (Fsp3) is 0.250. The zero-order chi connectivity index (χ0) is 23.1. The topological polar surface area (TPSA) is 86.9 Å². The molecule has 6 heteroatoms. The lowest BCUT2D eigenvalue weighted by Crippen LogP contribution is -2.38. The SMILES string of the molecule is O=C(Nc1ccccc1)c1ccc2nc(-c3ccc(C(=O)NC4CC5CCC4C5)cc3)[nH]c2c1. The summed E-state index contributed by atoms with van der Waals surface area (Å²) in [7, 11) is 0. The van der Waals surface area contributed by atoms with Gasteiger partial charge in [0.25, 0.3) is 11.8 Å². The van der Waals surface area contributed by atoms with E-state index in [-0.39, 0.29) is 11.8 Å². The lowest BCUT2D eigenvalue weighted by Gasteiger charge is -2.22. The first-order chi connectivity index (χ1) is 16.6. The molecule has 2 aliphatic carbocycles. The Morgan fingerprint density at radius 2 is 1.65 bits per heavy atom. The maximum absolute atomic E-state index is 12.7. The fourth-order valence-corrected chi connectivity index (χ4v) is 5.47. The number of amides is 2. The second-order valence-corrected chi connectivity index (χ2v) is 9.47.